The molecule has 0 bridgehead atoms. The summed E-state index contributed by atoms with van der Waals surface area (Å²) in [5.41, 5.74) is 5.69. The van der Waals surface area contributed by atoms with Gasteiger partial charge >= 0.3 is 5.97 Å². The molecule has 1 aliphatic heterocycles. The minimum absolute atomic E-state index is 0.0892. The van der Waals surface area contributed by atoms with Crippen molar-refractivity contribution in [3.05, 3.63) is 153 Å². The molecule has 2 amide bonds. The first kappa shape index (κ1) is 31.7. The van der Waals surface area contributed by atoms with Crippen LogP contribution < -0.4 is 5.32 Å². The van der Waals surface area contributed by atoms with Gasteiger partial charge in [0.15, 0.2) is 0 Å². The van der Waals surface area contributed by atoms with E-state index in [-0.39, 0.29) is 37.3 Å². The van der Waals surface area contributed by atoms with Gasteiger partial charge in [0.2, 0.25) is 5.91 Å². The Kier molecular flexibility index (Phi) is 10.5. The SMILES string of the molecule is CCOC(=O)C1=C(C)N(Cc2ccc(C(=O)NCCC(c3ccccc3)c3ccccc3)cc2)C(=O)CC1c1ccc(Cl)cc1. The van der Waals surface area contributed by atoms with E-state index in [1.807, 2.05) is 60.7 Å². The summed E-state index contributed by atoms with van der Waals surface area (Å²) in [6.45, 7) is 4.58. The molecule has 1 atom stereocenters. The fourth-order valence-electron chi connectivity index (χ4n) is 5.93. The highest BCUT2D eigenvalue weighted by Gasteiger charge is 2.37. The molecular formula is C38H37ClN2O4. The zero-order valence-corrected chi connectivity index (χ0v) is 26.3. The fourth-order valence-corrected chi connectivity index (χ4v) is 6.06. The zero-order chi connectivity index (χ0) is 31.8. The standard InChI is InChI=1S/C38H37ClN2O4/c1-3-45-38(44)36-26(2)41(35(42)24-34(36)30-18-20-32(39)21-19-30)25-27-14-16-31(17-15-27)37(43)40-23-22-33(28-10-6-4-7-11-28)29-12-8-5-9-13-29/h4-21,33-34H,3,22-25H2,1-2H3,(H,40,43). The Morgan fingerprint density at radius 1 is 0.889 bits per heavy atom. The van der Waals surface area contributed by atoms with Crippen LogP contribution in [0.15, 0.2) is 120 Å². The second kappa shape index (κ2) is 14.9. The molecule has 7 heteroatoms. The normalized spacial score (nSPS) is 14.9. The third-order valence-electron chi connectivity index (χ3n) is 8.27. The summed E-state index contributed by atoms with van der Waals surface area (Å²) in [4.78, 5) is 41.1. The Bertz CT molecular complexity index is 1610. The van der Waals surface area contributed by atoms with Crippen molar-refractivity contribution in [3.8, 4) is 0 Å². The van der Waals surface area contributed by atoms with Crippen LogP contribution in [0.3, 0.4) is 0 Å². The first-order valence-electron chi connectivity index (χ1n) is 15.3. The maximum atomic E-state index is 13.4. The van der Waals surface area contributed by atoms with Crippen LogP contribution in [-0.2, 0) is 20.9 Å². The molecule has 4 aromatic carbocycles. The second-order valence-corrected chi connectivity index (χ2v) is 11.6. The quantitative estimate of drug-likeness (QED) is 0.175. The van der Waals surface area contributed by atoms with Crippen LogP contribution in [0, 0.1) is 0 Å². The molecule has 0 spiro atoms. The molecule has 230 valence electrons. The molecule has 1 N–H and O–H groups in total. The smallest absolute Gasteiger partial charge is 0.336 e. The molecule has 4 aromatic rings. The first-order chi connectivity index (χ1) is 21.9. The lowest BCUT2D eigenvalue weighted by Crippen LogP contribution is -2.38. The van der Waals surface area contributed by atoms with E-state index in [0.29, 0.717) is 28.4 Å². The molecule has 0 radical (unpaired) electrons. The number of carbonyl (C=O) groups excluding carboxylic acids is 3. The maximum absolute atomic E-state index is 13.4. The van der Waals surface area contributed by atoms with Gasteiger partial charge in [-0.25, -0.2) is 4.79 Å². The van der Waals surface area contributed by atoms with Crippen molar-refractivity contribution in [2.24, 2.45) is 0 Å². The predicted molar refractivity (Wildman–Crippen MR) is 177 cm³/mol. The molecule has 6 nitrogen and oxygen atoms in total. The van der Waals surface area contributed by atoms with Crippen molar-refractivity contribution >= 4 is 29.4 Å². The number of nitrogens with zero attached hydrogens (tertiary/aromatic N) is 1. The van der Waals surface area contributed by atoms with Crippen LogP contribution in [0.1, 0.15) is 71.1 Å². The first-order valence-corrected chi connectivity index (χ1v) is 15.6. The lowest BCUT2D eigenvalue weighted by atomic mass is 9.83. The highest BCUT2D eigenvalue weighted by molar-refractivity contribution is 6.30. The van der Waals surface area contributed by atoms with E-state index in [4.69, 9.17) is 16.3 Å². The highest BCUT2D eigenvalue weighted by atomic mass is 35.5. The van der Waals surface area contributed by atoms with Crippen LogP contribution in [0.25, 0.3) is 0 Å². The summed E-state index contributed by atoms with van der Waals surface area (Å²) in [6, 6.07) is 35.1. The molecule has 0 saturated heterocycles. The van der Waals surface area contributed by atoms with Gasteiger partial charge in [-0.3, -0.25) is 9.59 Å². The van der Waals surface area contributed by atoms with Gasteiger partial charge < -0.3 is 15.0 Å². The molecule has 45 heavy (non-hydrogen) atoms. The van der Waals surface area contributed by atoms with Crippen molar-refractivity contribution in [2.45, 2.75) is 45.1 Å². The van der Waals surface area contributed by atoms with Gasteiger partial charge in [0.25, 0.3) is 5.91 Å². The van der Waals surface area contributed by atoms with Gasteiger partial charge in [-0.2, -0.15) is 0 Å². The van der Waals surface area contributed by atoms with E-state index < -0.39 is 11.9 Å². The molecular weight excluding hydrogens is 584 g/mol. The Morgan fingerprint density at radius 3 is 2.07 bits per heavy atom. The third kappa shape index (κ3) is 7.70. The molecule has 0 saturated carbocycles. The lowest BCUT2D eigenvalue weighted by molar-refractivity contribution is -0.140. The van der Waals surface area contributed by atoms with Crippen LogP contribution in [0.4, 0.5) is 0 Å². The number of halogens is 1. The van der Waals surface area contributed by atoms with Gasteiger partial charge in [-0.05, 0) is 66.8 Å². The summed E-state index contributed by atoms with van der Waals surface area (Å²) in [6.07, 6.45) is 0.904. The summed E-state index contributed by atoms with van der Waals surface area (Å²) in [5.74, 6) is -0.913. The third-order valence-corrected chi connectivity index (χ3v) is 8.52. The lowest BCUT2D eigenvalue weighted by Gasteiger charge is -2.34. The number of hydrogen-bond donors (Lipinski definition) is 1. The second-order valence-electron chi connectivity index (χ2n) is 11.1. The van der Waals surface area contributed by atoms with E-state index >= 15 is 0 Å². The van der Waals surface area contributed by atoms with Crippen LogP contribution in [-0.4, -0.2) is 35.8 Å². The number of amides is 2. The molecule has 0 aliphatic carbocycles. The zero-order valence-electron chi connectivity index (χ0n) is 25.5. The molecule has 0 fully saturated rings. The Hall–Kier alpha value is -4.68. The average Bonchev–Trinajstić information content (AvgIpc) is 3.06. The van der Waals surface area contributed by atoms with E-state index in [0.717, 1.165) is 17.5 Å². The summed E-state index contributed by atoms with van der Waals surface area (Å²) >= 11 is 6.08. The fraction of sp³-hybridized carbons (Fsp3) is 0.237. The minimum atomic E-state index is -0.429. The van der Waals surface area contributed by atoms with Crippen LogP contribution in [0.2, 0.25) is 5.02 Å². The maximum Gasteiger partial charge on any atom is 0.336 e. The number of benzene rings is 4. The van der Waals surface area contributed by atoms with E-state index in [1.165, 1.54) is 11.1 Å². The van der Waals surface area contributed by atoms with E-state index in [9.17, 15) is 14.4 Å². The van der Waals surface area contributed by atoms with Crippen LogP contribution >= 0.6 is 11.6 Å². The highest BCUT2D eigenvalue weighted by Crippen LogP contribution is 2.38. The Balaban J connectivity index is 1.26. The molecule has 5 rings (SSSR count). The van der Waals surface area contributed by atoms with E-state index in [1.54, 1.807) is 43.0 Å². The van der Waals surface area contributed by atoms with Crippen LogP contribution in [0.5, 0.6) is 0 Å². The minimum Gasteiger partial charge on any atom is -0.463 e. The summed E-state index contributed by atoms with van der Waals surface area (Å²) in [5, 5.41) is 3.65. The number of esters is 1. The number of nitrogens with one attached hydrogen (secondary N) is 1. The average molecular weight is 621 g/mol. The van der Waals surface area contributed by atoms with Gasteiger partial charge in [0.05, 0.1) is 18.7 Å². The Labute approximate surface area is 269 Å². The molecule has 1 aliphatic rings. The predicted octanol–water partition coefficient (Wildman–Crippen LogP) is 7.65. The molecule has 0 aromatic heterocycles. The summed E-state index contributed by atoms with van der Waals surface area (Å²) in [7, 11) is 0. The summed E-state index contributed by atoms with van der Waals surface area (Å²) < 4.78 is 5.39. The van der Waals surface area contributed by atoms with Crippen molar-refractivity contribution in [2.75, 3.05) is 13.2 Å². The number of hydrogen-bond acceptors (Lipinski definition) is 4. The Morgan fingerprint density at radius 2 is 1.49 bits per heavy atom. The van der Waals surface area contributed by atoms with E-state index in [2.05, 4.69) is 29.6 Å². The van der Waals surface area contributed by atoms with Gasteiger partial charge in [-0.15, -0.1) is 0 Å². The topological polar surface area (TPSA) is 75.7 Å². The van der Waals surface area contributed by atoms with Crippen molar-refractivity contribution in [1.29, 1.82) is 0 Å². The number of rotatable bonds is 11. The van der Waals surface area contributed by atoms with Gasteiger partial charge in [0, 0.05) is 41.1 Å². The largest absolute Gasteiger partial charge is 0.463 e. The number of allylic oxidation sites excluding steroid dienone is 1. The molecule has 1 unspecified atom stereocenters. The van der Waals surface area contributed by atoms with Gasteiger partial charge in [0.1, 0.15) is 0 Å². The van der Waals surface area contributed by atoms with Gasteiger partial charge in [-0.1, -0.05) is 96.5 Å². The number of carbonyl (C=O) groups is 3. The monoisotopic (exact) mass is 620 g/mol. The van der Waals surface area contributed by atoms with Crippen molar-refractivity contribution in [3.63, 3.8) is 0 Å². The number of ether oxygens (including phenoxy) is 1. The molecule has 1 heterocycles. The van der Waals surface area contributed by atoms with Crippen molar-refractivity contribution in [1.82, 2.24) is 10.2 Å². The van der Waals surface area contributed by atoms with Crippen molar-refractivity contribution < 1.29 is 19.1 Å².